The largest absolute Gasteiger partial charge is 0.496 e. The molecule has 2 amide bonds. The monoisotopic (exact) mass is 546 g/mol. The number of hydrogen-bond acceptors (Lipinski definition) is 7. The maximum absolute atomic E-state index is 13.5. The van der Waals surface area contributed by atoms with Crippen molar-refractivity contribution in [3.63, 3.8) is 0 Å². The van der Waals surface area contributed by atoms with Crippen molar-refractivity contribution in [3.8, 4) is 28.4 Å². The molecule has 1 aliphatic heterocycles. The Hall–Kier alpha value is -4.08. The van der Waals surface area contributed by atoms with Crippen LogP contribution in [0.2, 0.25) is 0 Å². The van der Waals surface area contributed by atoms with E-state index in [0.29, 0.717) is 54.8 Å². The zero-order valence-corrected chi connectivity index (χ0v) is 23.0. The molecule has 9 heteroatoms. The summed E-state index contributed by atoms with van der Waals surface area (Å²) in [5.41, 5.74) is 3.25. The summed E-state index contributed by atoms with van der Waals surface area (Å²) in [6.07, 6.45) is 1.53. The Kier molecular flexibility index (Phi) is 8.23. The van der Waals surface area contributed by atoms with E-state index in [4.69, 9.17) is 23.7 Å². The molecule has 0 bridgehead atoms. The minimum absolute atomic E-state index is 0.0596. The van der Waals surface area contributed by atoms with Gasteiger partial charge in [-0.05, 0) is 66.4 Å². The lowest BCUT2D eigenvalue weighted by Crippen LogP contribution is -2.36. The molecule has 5 rings (SSSR count). The Balaban J connectivity index is 1.33. The highest BCUT2D eigenvalue weighted by atomic mass is 16.7. The maximum Gasteiger partial charge on any atom is 0.254 e. The van der Waals surface area contributed by atoms with E-state index in [-0.39, 0.29) is 18.6 Å². The van der Waals surface area contributed by atoms with E-state index >= 15 is 0 Å². The third-order valence-corrected chi connectivity index (χ3v) is 7.43. The van der Waals surface area contributed by atoms with Gasteiger partial charge in [-0.15, -0.1) is 0 Å². The van der Waals surface area contributed by atoms with Gasteiger partial charge < -0.3 is 33.9 Å². The van der Waals surface area contributed by atoms with Crippen LogP contribution in [-0.4, -0.2) is 71.1 Å². The molecule has 9 nitrogen and oxygen atoms in total. The van der Waals surface area contributed by atoms with Crippen LogP contribution in [0.3, 0.4) is 0 Å². The number of nitrogens with zero attached hydrogens (tertiary/aromatic N) is 1. The van der Waals surface area contributed by atoms with E-state index in [2.05, 4.69) is 5.32 Å². The minimum Gasteiger partial charge on any atom is -0.496 e. The average molecular weight is 547 g/mol. The van der Waals surface area contributed by atoms with Crippen molar-refractivity contribution in [3.05, 3.63) is 71.8 Å². The number of amides is 2. The summed E-state index contributed by atoms with van der Waals surface area (Å²) in [4.78, 5) is 28.3. The highest BCUT2D eigenvalue weighted by Gasteiger charge is 2.51. The van der Waals surface area contributed by atoms with Gasteiger partial charge in [0.15, 0.2) is 11.5 Å². The van der Waals surface area contributed by atoms with Crippen LogP contribution in [0.1, 0.15) is 28.8 Å². The summed E-state index contributed by atoms with van der Waals surface area (Å²) < 4.78 is 26.9. The van der Waals surface area contributed by atoms with Crippen LogP contribution in [0, 0.1) is 0 Å². The predicted octanol–water partition coefficient (Wildman–Crippen LogP) is 4.50. The zero-order chi connectivity index (χ0) is 28.1. The van der Waals surface area contributed by atoms with Crippen LogP contribution in [0.4, 0.5) is 5.69 Å². The van der Waals surface area contributed by atoms with Gasteiger partial charge in [-0.2, -0.15) is 0 Å². The lowest BCUT2D eigenvalue weighted by molar-refractivity contribution is -0.118. The Bertz CT molecular complexity index is 1360. The fourth-order valence-corrected chi connectivity index (χ4v) is 4.92. The zero-order valence-electron chi connectivity index (χ0n) is 23.0. The number of fused-ring (bicyclic) bond motifs is 1. The standard InChI is InChI=1S/C31H34N2O7/c1-36-16-14-33(15-17-37-2)29(34)22-6-4-21(5-7-22)25-19-24(9-11-26(25)38-3)32-30(35)31(12-13-31)23-8-10-27-28(18-23)40-20-39-27/h4-11,18-19H,12-17,20H2,1-3H3,(H,32,35). The number of rotatable bonds is 12. The molecule has 0 atom stereocenters. The first-order valence-corrected chi connectivity index (χ1v) is 13.3. The number of methoxy groups -OCH3 is 3. The Morgan fingerprint density at radius 3 is 2.23 bits per heavy atom. The van der Waals surface area contributed by atoms with Gasteiger partial charge in [-0.1, -0.05) is 18.2 Å². The van der Waals surface area contributed by atoms with Crippen molar-refractivity contribution < 1.29 is 33.3 Å². The average Bonchev–Trinajstić information content (AvgIpc) is 3.67. The fraction of sp³-hybridized carbons (Fsp3) is 0.355. The molecule has 3 aromatic carbocycles. The second-order valence-electron chi connectivity index (χ2n) is 9.87. The van der Waals surface area contributed by atoms with Crippen molar-refractivity contribution in [2.75, 3.05) is 59.7 Å². The Labute approximate surface area is 233 Å². The van der Waals surface area contributed by atoms with Crippen LogP contribution in [0.5, 0.6) is 17.2 Å². The van der Waals surface area contributed by atoms with E-state index in [1.807, 2.05) is 48.5 Å². The van der Waals surface area contributed by atoms with Gasteiger partial charge in [0.2, 0.25) is 12.7 Å². The number of carbonyl (C=O) groups excluding carboxylic acids is 2. The summed E-state index contributed by atoms with van der Waals surface area (Å²) in [5.74, 6) is 1.88. The van der Waals surface area contributed by atoms with Gasteiger partial charge in [0.25, 0.3) is 5.91 Å². The quantitative estimate of drug-likeness (QED) is 0.358. The number of hydrogen-bond donors (Lipinski definition) is 1. The molecule has 0 spiro atoms. The molecule has 1 fully saturated rings. The van der Waals surface area contributed by atoms with Crippen molar-refractivity contribution in [1.82, 2.24) is 4.90 Å². The number of nitrogens with one attached hydrogen (secondary N) is 1. The molecule has 210 valence electrons. The highest BCUT2D eigenvalue weighted by Crippen LogP contribution is 2.51. The van der Waals surface area contributed by atoms with Crippen molar-refractivity contribution in [2.45, 2.75) is 18.3 Å². The van der Waals surface area contributed by atoms with Crippen molar-refractivity contribution in [1.29, 1.82) is 0 Å². The van der Waals surface area contributed by atoms with Gasteiger partial charge >= 0.3 is 0 Å². The number of benzene rings is 3. The first kappa shape index (κ1) is 27.5. The van der Waals surface area contributed by atoms with Gasteiger partial charge in [0.05, 0.1) is 25.7 Å². The topological polar surface area (TPSA) is 95.6 Å². The molecule has 1 N–H and O–H groups in total. The molecular weight excluding hydrogens is 512 g/mol. The first-order chi connectivity index (χ1) is 19.5. The summed E-state index contributed by atoms with van der Waals surface area (Å²) >= 11 is 0. The van der Waals surface area contributed by atoms with E-state index in [1.165, 1.54) is 0 Å². The molecule has 1 aliphatic carbocycles. The molecule has 0 unspecified atom stereocenters. The van der Waals surface area contributed by atoms with Crippen molar-refractivity contribution in [2.24, 2.45) is 0 Å². The lowest BCUT2D eigenvalue weighted by Gasteiger charge is -2.22. The molecule has 0 saturated heterocycles. The van der Waals surface area contributed by atoms with E-state index in [1.54, 1.807) is 38.4 Å². The minimum atomic E-state index is -0.583. The van der Waals surface area contributed by atoms with Crippen LogP contribution in [-0.2, 0) is 19.7 Å². The van der Waals surface area contributed by atoms with Gasteiger partial charge in [0, 0.05) is 44.1 Å². The second kappa shape index (κ2) is 12.0. The SMILES string of the molecule is COCCN(CCOC)C(=O)c1ccc(-c2cc(NC(=O)C3(c4ccc5c(c4)OCO5)CC3)ccc2OC)cc1. The normalized spacial score (nSPS) is 14.5. The lowest BCUT2D eigenvalue weighted by atomic mass is 9.94. The molecule has 0 aromatic heterocycles. The third kappa shape index (κ3) is 5.61. The summed E-state index contributed by atoms with van der Waals surface area (Å²) in [6, 6.07) is 18.6. The Morgan fingerprint density at radius 2 is 1.57 bits per heavy atom. The van der Waals surface area contributed by atoms with Gasteiger partial charge in [-0.25, -0.2) is 0 Å². The molecule has 3 aromatic rings. The number of carbonyl (C=O) groups is 2. The van der Waals surface area contributed by atoms with Crippen LogP contribution in [0.15, 0.2) is 60.7 Å². The molecule has 0 radical (unpaired) electrons. The number of anilines is 1. The smallest absolute Gasteiger partial charge is 0.254 e. The molecule has 1 saturated carbocycles. The fourth-order valence-electron chi connectivity index (χ4n) is 4.92. The number of ether oxygens (including phenoxy) is 5. The maximum atomic E-state index is 13.5. The summed E-state index contributed by atoms with van der Waals surface area (Å²) in [5, 5.41) is 3.10. The molecule has 1 heterocycles. The van der Waals surface area contributed by atoms with Crippen LogP contribution < -0.4 is 19.5 Å². The third-order valence-electron chi connectivity index (χ3n) is 7.43. The first-order valence-electron chi connectivity index (χ1n) is 13.3. The molecule has 2 aliphatic rings. The predicted molar refractivity (Wildman–Crippen MR) is 150 cm³/mol. The van der Waals surface area contributed by atoms with Gasteiger partial charge in [-0.3, -0.25) is 9.59 Å². The van der Waals surface area contributed by atoms with E-state index < -0.39 is 5.41 Å². The van der Waals surface area contributed by atoms with Crippen LogP contribution in [0.25, 0.3) is 11.1 Å². The molecular formula is C31H34N2O7. The summed E-state index contributed by atoms with van der Waals surface area (Å²) in [6.45, 7) is 2.04. The Morgan fingerprint density at radius 1 is 0.875 bits per heavy atom. The van der Waals surface area contributed by atoms with E-state index in [0.717, 1.165) is 29.5 Å². The van der Waals surface area contributed by atoms with Crippen LogP contribution >= 0.6 is 0 Å². The summed E-state index contributed by atoms with van der Waals surface area (Å²) in [7, 11) is 4.83. The molecule has 40 heavy (non-hydrogen) atoms. The van der Waals surface area contributed by atoms with E-state index in [9.17, 15) is 9.59 Å². The highest BCUT2D eigenvalue weighted by molar-refractivity contribution is 6.02. The second-order valence-corrected chi connectivity index (χ2v) is 9.87. The van der Waals surface area contributed by atoms with Gasteiger partial charge in [0.1, 0.15) is 5.75 Å². The van der Waals surface area contributed by atoms with Crippen molar-refractivity contribution >= 4 is 17.5 Å².